The molecule has 108 valence electrons. The van der Waals surface area contributed by atoms with Crippen LogP contribution in [0.3, 0.4) is 0 Å². The van der Waals surface area contributed by atoms with Crippen LogP contribution in [0, 0.1) is 0 Å². The Morgan fingerprint density at radius 2 is 1.95 bits per heavy atom. The summed E-state index contributed by atoms with van der Waals surface area (Å²) in [5.74, 6) is -1.99. The highest BCUT2D eigenvalue weighted by Gasteiger charge is 2.35. The zero-order valence-electron chi connectivity index (χ0n) is 10.3. The van der Waals surface area contributed by atoms with Gasteiger partial charge in [0.15, 0.2) is 0 Å². The molecule has 0 aliphatic rings. The molecule has 0 bridgehead atoms. The molecule has 9 heteroatoms. The predicted molar refractivity (Wildman–Crippen MR) is 62.2 cm³/mol. The number of aromatic amines is 1. The van der Waals surface area contributed by atoms with Gasteiger partial charge >= 0.3 is 6.18 Å². The van der Waals surface area contributed by atoms with Gasteiger partial charge in [-0.1, -0.05) is 12.8 Å². The Morgan fingerprint density at radius 3 is 2.53 bits per heavy atom. The highest BCUT2D eigenvalue weighted by molar-refractivity contribution is 5.88. The van der Waals surface area contributed by atoms with Crippen molar-refractivity contribution in [1.82, 2.24) is 15.2 Å². The number of nitrogens with zero attached hydrogens (tertiary/aromatic N) is 2. The first-order valence-corrected chi connectivity index (χ1v) is 5.93. The van der Waals surface area contributed by atoms with E-state index in [0.717, 1.165) is 19.3 Å². The topological polar surface area (TPSA) is 96.7 Å². The molecule has 1 heterocycles. The van der Waals surface area contributed by atoms with Gasteiger partial charge in [-0.05, 0) is 19.4 Å². The van der Waals surface area contributed by atoms with Crippen LogP contribution in [-0.4, -0.2) is 27.6 Å². The summed E-state index contributed by atoms with van der Waals surface area (Å²) in [7, 11) is 0. The van der Waals surface area contributed by atoms with Gasteiger partial charge in [-0.15, -0.1) is 5.10 Å². The minimum absolute atomic E-state index is 0.223. The highest BCUT2D eigenvalue weighted by atomic mass is 19.4. The maximum absolute atomic E-state index is 12.2. The normalized spacial score (nSPS) is 11.6. The standard InChI is InChI=1S/C10H16F3N5O/c11-10(12,13)8-16-9(18-17-8)15-7(19)5-3-1-2-4-6-14/h1-6,14H2,(H2,15,16,17,18,19). The minimum Gasteiger partial charge on any atom is -0.330 e. The van der Waals surface area contributed by atoms with Crippen LogP contribution in [-0.2, 0) is 11.0 Å². The summed E-state index contributed by atoms with van der Waals surface area (Å²) < 4.78 is 36.6. The molecule has 0 aliphatic carbocycles. The monoisotopic (exact) mass is 279 g/mol. The number of halogens is 3. The maximum atomic E-state index is 12.2. The summed E-state index contributed by atoms with van der Waals surface area (Å²) >= 11 is 0. The maximum Gasteiger partial charge on any atom is 0.451 e. The average Bonchev–Trinajstić information content (AvgIpc) is 2.77. The second-order valence-electron chi connectivity index (χ2n) is 4.01. The van der Waals surface area contributed by atoms with Crippen molar-refractivity contribution < 1.29 is 18.0 Å². The van der Waals surface area contributed by atoms with E-state index in [-0.39, 0.29) is 12.4 Å². The molecule has 1 amide bonds. The molecule has 0 saturated carbocycles. The lowest BCUT2D eigenvalue weighted by Crippen LogP contribution is -2.13. The molecule has 19 heavy (non-hydrogen) atoms. The number of carbonyl (C=O) groups is 1. The van der Waals surface area contributed by atoms with E-state index in [1.54, 1.807) is 5.10 Å². The summed E-state index contributed by atoms with van der Waals surface area (Å²) in [4.78, 5) is 14.5. The minimum atomic E-state index is -4.60. The Bertz CT molecular complexity index is 404. The Morgan fingerprint density at radius 1 is 1.26 bits per heavy atom. The van der Waals surface area contributed by atoms with Crippen molar-refractivity contribution in [2.45, 2.75) is 38.3 Å². The smallest absolute Gasteiger partial charge is 0.330 e. The van der Waals surface area contributed by atoms with E-state index in [4.69, 9.17) is 5.73 Å². The van der Waals surface area contributed by atoms with Crippen molar-refractivity contribution in [3.05, 3.63) is 5.82 Å². The molecular formula is C10H16F3N5O. The summed E-state index contributed by atoms with van der Waals surface area (Å²) in [6.07, 6.45) is -1.03. The lowest BCUT2D eigenvalue weighted by atomic mass is 10.1. The number of amides is 1. The Labute approximate surface area is 108 Å². The fourth-order valence-corrected chi connectivity index (χ4v) is 1.42. The van der Waals surface area contributed by atoms with Crippen molar-refractivity contribution in [3.8, 4) is 0 Å². The molecule has 0 unspecified atom stereocenters. The second kappa shape index (κ2) is 7.07. The first-order valence-electron chi connectivity index (χ1n) is 5.93. The molecule has 6 nitrogen and oxygen atoms in total. The lowest BCUT2D eigenvalue weighted by molar-refractivity contribution is -0.144. The van der Waals surface area contributed by atoms with Crippen LogP contribution >= 0.6 is 0 Å². The summed E-state index contributed by atoms with van der Waals surface area (Å²) in [6.45, 7) is 0.615. The average molecular weight is 279 g/mol. The fraction of sp³-hybridized carbons (Fsp3) is 0.700. The van der Waals surface area contributed by atoms with Crippen LogP contribution in [0.15, 0.2) is 0 Å². The summed E-state index contributed by atoms with van der Waals surface area (Å²) in [5, 5.41) is 7.20. The van der Waals surface area contributed by atoms with Crippen molar-refractivity contribution in [1.29, 1.82) is 0 Å². The molecule has 0 saturated heterocycles. The molecular weight excluding hydrogens is 263 g/mol. The Hall–Kier alpha value is -1.64. The summed E-state index contributed by atoms with van der Waals surface area (Å²) in [5.41, 5.74) is 5.32. The zero-order valence-corrected chi connectivity index (χ0v) is 10.3. The predicted octanol–water partition coefficient (Wildman–Crippen LogP) is 1.67. The van der Waals surface area contributed by atoms with E-state index in [1.165, 1.54) is 0 Å². The number of hydrogen-bond donors (Lipinski definition) is 3. The third-order valence-corrected chi connectivity index (χ3v) is 2.36. The third kappa shape index (κ3) is 5.69. The lowest BCUT2D eigenvalue weighted by Gasteiger charge is -2.01. The highest BCUT2D eigenvalue weighted by Crippen LogP contribution is 2.26. The van der Waals surface area contributed by atoms with Gasteiger partial charge in [0.2, 0.25) is 17.7 Å². The van der Waals surface area contributed by atoms with Crippen molar-refractivity contribution >= 4 is 11.9 Å². The number of carbonyl (C=O) groups excluding carboxylic acids is 1. The van der Waals surface area contributed by atoms with Gasteiger partial charge in [-0.25, -0.2) is 0 Å². The van der Waals surface area contributed by atoms with Crippen LogP contribution < -0.4 is 11.1 Å². The van der Waals surface area contributed by atoms with Gasteiger partial charge in [0.1, 0.15) is 0 Å². The first kappa shape index (κ1) is 15.4. The molecule has 0 aliphatic heterocycles. The number of unbranched alkanes of at least 4 members (excludes halogenated alkanes) is 3. The van der Waals surface area contributed by atoms with Gasteiger partial charge in [0, 0.05) is 6.42 Å². The van der Waals surface area contributed by atoms with Gasteiger partial charge in [-0.2, -0.15) is 18.2 Å². The molecule has 1 aromatic heterocycles. The molecule has 0 spiro atoms. The largest absolute Gasteiger partial charge is 0.451 e. The summed E-state index contributed by atoms with van der Waals surface area (Å²) in [6, 6.07) is 0. The van der Waals surface area contributed by atoms with Crippen LogP contribution in [0.2, 0.25) is 0 Å². The van der Waals surface area contributed by atoms with Crippen molar-refractivity contribution in [2.75, 3.05) is 11.9 Å². The number of anilines is 1. The molecule has 1 aromatic rings. The number of nitrogens with two attached hydrogens (primary N) is 1. The van der Waals surface area contributed by atoms with Crippen LogP contribution in [0.25, 0.3) is 0 Å². The van der Waals surface area contributed by atoms with E-state index >= 15 is 0 Å². The SMILES string of the molecule is NCCCCCCC(=O)Nc1n[nH]c(C(F)(F)F)n1. The molecule has 0 fully saturated rings. The van der Waals surface area contributed by atoms with E-state index in [0.29, 0.717) is 13.0 Å². The van der Waals surface area contributed by atoms with Gasteiger partial charge < -0.3 is 5.73 Å². The van der Waals surface area contributed by atoms with Crippen molar-refractivity contribution in [2.24, 2.45) is 5.73 Å². The number of aromatic nitrogens is 3. The van der Waals surface area contributed by atoms with Crippen molar-refractivity contribution in [3.63, 3.8) is 0 Å². The Kier molecular flexibility index (Phi) is 5.74. The van der Waals surface area contributed by atoms with E-state index in [1.807, 2.05) is 0 Å². The third-order valence-electron chi connectivity index (χ3n) is 2.36. The quantitative estimate of drug-likeness (QED) is 0.661. The second-order valence-corrected chi connectivity index (χ2v) is 4.01. The molecule has 0 atom stereocenters. The van der Waals surface area contributed by atoms with Crippen LogP contribution in [0.1, 0.15) is 37.9 Å². The van der Waals surface area contributed by atoms with Crippen LogP contribution in [0.4, 0.5) is 19.1 Å². The van der Waals surface area contributed by atoms with Crippen LogP contribution in [0.5, 0.6) is 0 Å². The van der Waals surface area contributed by atoms with E-state index in [9.17, 15) is 18.0 Å². The molecule has 0 radical (unpaired) electrons. The number of H-pyrrole nitrogens is 1. The molecule has 1 rings (SSSR count). The van der Waals surface area contributed by atoms with Gasteiger partial charge in [-0.3, -0.25) is 15.2 Å². The Balaban J connectivity index is 2.30. The molecule has 4 N–H and O–H groups in total. The van der Waals surface area contributed by atoms with Gasteiger partial charge in [0.05, 0.1) is 0 Å². The zero-order chi connectivity index (χ0) is 14.3. The number of nitrogens with one attached hydrogen (secondary N) is 2. The number of rotatable bonds is 7. The number of hydrogen-bond acceptors (Lipinski definition) is 4. The van der Waals surface area contributed by atoms with Gasteiger partial charge in [0.25, 0.3) is 0 Å². The van der Waals surface area contributed by atoms with E-state index < -0.39 is 17.9 Å². The number of alkyl halides is 3. The fourth-order valence-electron chi connectivity index (χ4n) is 1.42. The van der Waals surface area contributed by atoms with E-state index in [2.05, 4.69) is 15.4 Å². The first-order chi connectivity index (χ1) is 8.93. The molecule has 0 aromatic carbocycles.